The number of fused-ring (bicyclic) bond motifs is 3. The monoisotopic (exact) mass is 362 g/mol. The Hall–Kier alpha value is -0.830. The van der Waals surface area contributed by atoms with Crippen molar-refractivity contribution in [1.29, 1.82) is 0 Å². The molecular weight excluding hydrogens is 324 g/mol. The van der Waals surface area contributed by atoms with Crippen LogP contribution in [0.1, 0.15) is 80.1 Å². The van der Waals surface area contributed by atoms with E-state index in [9.17, 15) is 9.90 Å². The summed E-state index contributed by atoms with van der Waals surface area (Å²) in [5, 5.41) is 10.8. The van der Waals surface area contributed by atoms with Crippen molar-refractivity contribution in [3.05, 3.63) is 12.7 Å². The second-order valence-electron chi connectivity index (χ2n) is 10.6. The smallest absolute Gasteiger partial charge is 0.302 e. The Bertz CT molecular complexity index is 596. The summed E-state index contributed by atoms with van der Waals surface area (Å²) in [7, 11) is 0. The summed E-state index contributed by atoms with van der Waals surface area (Å²) >= 11 is 0. The minimum Gasteiger partial charge on any atom is -0.462 e. The zero-order chi connectivity index (χ0) is 19.5. The van der Waals surface area contributed by atoms with E-state index in [1.165, 1.54) is 6.92 Å². The largest absolute Gasteiger partial charge is 0.462 e. The maximum atomic E-state index is 11.6. The van der Waals surface area contributed by atoms with E-state index in [2.05, 4.69) is 41.2 Å². The lowest BCUT2D eigenvalue weighted by atomic mass is 9.36. The number of aliphatic hydroxyl groups is 1. The highest BCUT2D eigenvalue weighted by atomic mass is 16.5. The summed E-state index contributed by atoms with van der Waals surface area (Å²) in [5.41, 5.74) is 0.0427. The maximum absolute atomic E-state index is 11.6. The Balaban J connectivity index is 1.99. The number of ether oxygens (including phenoxy) is 1. The van der Waals surface area contributed by atoms with Crippen LogP contribution in [0.15, 0.2) is 12.7 Å². The van der Waals surface area contributed by atoms with Crippen LogP contribution in [0.25, 0.3) is 0 Å². The number of hydrogen-bond donors (Lipinski definition) is 1. The Morgan fingerprint density at radius 3 is 2.27 bits per heavy atom. The summed E-state index contributed by atoms with van der Waals surface area (Å²) in [6, 6.07) is 0. The average molecular weight is 363 g/mol. The van der Waals surface area contributed by atoms with E-state index in [1.807, 2.05) is 6.08 Å². The van der Waals surface area contributed by atoms with Crippen molar-refractivity contribution in [2.24, 2.45) is 33.5 Å². The first-order chi connectivity index (χ1) is 11.9. The molecule has 0 saturated heterocycles. The second kappa shape index (κ2) is 6.09. The van der Waals surface area contributed by atoms with Crippen molar-refractivity contribution < 1.29 is 14.6 Å². The molecule has 0 heterocycles. The standard InChI is InChI=1S/C23H38O3/c1-8-22(6)18(25)10-9-17-21(5)13-12-19(26-15(2)24)20(3,4)16(21)11-14-23(17,22)7/h8,16-19,25H,1,9-14H2,2-7H3/t16-,17+,18+,19-,21+,22-,23-/m1/s1. The predicted molar refractivity (Wildman–Crippen MR) is 105 cm³/mol. The third-order valence-electron chi connectivity index (χ3n) is 9.37. The highest BCUT2D eigenvalue weighted by molar-refractivity contribution is 5.66. The van der Waals surface area contributed by atoms with Gasteiger partial charge in [-0.05, 0) is 61.2 Å². The van der Waals surface area contributed by atoms with Crippen LogP contribution in [-0.2, 0) is 9.53 Å². The Morgan fingerprint density at radius 2 is 1.69 bits per heavy atom. The van der Waals surface area contributed by atoms with Crippen LogP contribution in [0.3, 0.4) is 0 Å². The van der Waals surface area contributed by atoms with Gasteiger partial charge in [0.05, 0.1) is 6.10 Å². The molecule has 3 aliphatic carbocycles. The highest BCUT2D eigenvalue weighted by Gasteiger charge is 2.66. The average Bonchev–Trinajstić information content (AvgIpc) is 2.54. The van der Waals surface area contributed by atoms with Gasteiger partial charge < -0.3 is 9.84 Å². The van der Waals surface area contributed by atoms with Crippen LogP contribution in [0.4, 0.5) is 0 Å². The van der Waals surface area contributed by atoms with Gasteiger partial charge in [0.15, 0.2) is 0 Å². The fraction of sp³-hybridized carbons (Fsp3) is 0.870. The van der Waals surface area contributed by atoms with Gasteiger partial charge in [-0.2, -0.15) is 0 Å². The van der Waals surface area contributed by atoms with Crippen LogP contribution in [0, 0.1) is 33.5 Å². The Morgan fingerprint density at radius 1 is 1.04 bits per heavy atom. The molecule has 0 aromatic rings. The van der Waals surface area contributed by atoms with Gasteiger partial charge in [0.2, 0.25) is 0 Å². The molecule has 1 N–H and O–H groups in total. The predicted octanol–water partition coefficient (Wildman–Crippen LogP) is 5.12. The molecule has 3 nitrogen and oxygen atoms in total. The molecule has 148 valence electrons. The molecule has 0 amide bonds. The minimum absolute atomic E-state index is 0.0133. The summed E-state index contributed by atoms with van der Waals surface area (Å²) in [4.78, 5) is 11.6. The quantitative estimate of drug-likeness (QED) is 0.547. The van der Waals surface area contributed by atoms with Gasteiger partial charge in [0.25, 0.3) is 0 Å². The first-order valence-electron chi connectivity index (χ1n) is 10.4. The van der Waals surface area contributed by atoms with E-state index in [1.54, 1.807) is 0 Å². The van der Waals surface area contributed by atoms with Gasteiger partial charge >= 0.3 is 5.97 Å². The van der Waals surface area contributed by atoms with Crippen molar-refractivity contribution in [2.75, 3.05) is 0 Å². The van der Waals surface area contributed by atoms with E-state index in [0.717, 1.165) is 38.5 Å². The SMILES string of the molecule is C=C[C@]1(C)[C@@H](O)CC[C@H]2[C@@]3(C)CC[C@@H](OC(C)=O)C(C)(C)[C@H]3CC[C@]21C. The molecule has 3 saturated carbocycles. The molecule has 0 unspecified atom stereocenters. The fourth-order valence-electron chi connectivity index (χ4n) is 7.61. The molecule has 3 fully saturated rings. The Labute approximate surface area is 159 Å². The third kappa shape index (κ3) is 2.45. The van der Waals surface area contributed by atoms with Gasteiger partial charge in [-0.25, -0.2) is 0 Å². The minimum atomic E-state index is -0.299. The molecule has 0 aromatic carbocycles. The first kappa shape index (κ1) is 19.9. The van der Waals surface area contributed by atoms with E-state index >= 15 is 0 Å². The number of carbonyl (C=O) groups is 1. The number of carbonyl (C=O) groups excluding carboxylic acids is 1. The Kier molecular flexibility index (Phi) is 4.66. The summed E-state index contributed by atoms with van der Waals surface area (Å²) < 4.78 is 5.75. The van der Waals surface area contributed by atoms with E-state index < -0.39 is 0 Å². The van der Waals surface area contributed by atoms with E-state index in [4.69, 9.17) is 4.74 Å². The lowest BCUT2D eigenvalue weighted by molar-refractivity contribution is -0.227. The number of aliphatic hydroxyl groups excluding tert-OH is 1. The van der Waals surface area contributed by atoms with Gasteiger partial charge in [-0.3, -0.25) is 4.79 Å². The maximum Gasteiger partial charge on any atom is 0.302 e. The molecule has 26 heavy (non-hydrogen) atoms. The summed E-state index contributed by atoms with van der Waals surface area (Å²) in [5.74, 6) is 0.945. The summed E-state index contributed by atoms with van der Waals surface area (Å²) in [6.07, 6.45) is 7.97. The second-order valence-corrected chi connectivity index (χ2v) is 10.6. The van der Waals surface area contributed by atoms with Crippen LogP contribution in [-0.4, -0.2) is 23.3 Å². The van der Waals surface area contributed by atoms with Crippen LogP contribution in [0.5, 0.6) is 0 Å². The van der Waals surface area contributed by atoms with Gasteiger partial charge in [-0.1, -0.05) is 40.7 Å². The van der Waals surface area contributed by atoms with Gasteiger partial charge in [-0.15, -0.1) is 6.58 Å². The van der Waals surface area contributed by atoms with Crippen molar-refractivity contribution in [1.82, 2.24) is 0 Å². The highest BCUT2D eigenvalue weighted by Crippen LogP contribution is 2.71. The summed E-state index contributed by atoms with van der Waals surface area (Å²) in [6.45, 7) is 17.4. The lowest BCUT2D eigenvalue weighted by Gasteiger charge is -2.69. The fourth-order valence-corrected chi connectivity index (χ4v) is 7.61. The topological polar surface area (TPSA) is 46.5 Å². The molecule has 0 bridgehead atoms. The first-order valence-corrected chi connectivity index (χ1v) is 10.4. The van der Waals surface area contributed by atoms with Crippen molar-refractivity contribution >= 4 is 5.97 Å². The van der Waals surface area contributed by atoms with Crippen molar-refractivity contribution in [3.63, 3.8) is 0 Å². The van der Waals surface area contributed by atoms with Crippen molar-refractivity contribution in [3.8, 4) is 0 Å². The molecule has 3 rings (SSSR count). The van der Waals surface area contributed by atoms with Crippen LogP contribution < -0.4 is 0 Å². The number of esters is 1. The third-order valence-corrected chi connectivity index (χ3v) is 9.37. The zero-order valence-electron chi connectivity index (χ0n) is 17.6. The molecule has 0 radical (unpaired) electrons. The molecule has 0 aliphatic heterocycles. The van der Waals surface area contributed by atoms with Crippen molar-refractivity contribution in [2.45, 2.75) is 92.3 Å². The van der Waals surface area contributed by atoms with Gasteiger partial charge in [0.1, 0.15) is 6.10 Å². The zero-order valence-corrected chi connectivity index (χ0v) is 17.6. The molecule has 7 atom stereocenters. The number of hydrogen-bond acceptors (Lipinski definition) is 3. The van der Waals surface area contributed by atoms with Crippen LogP contribution in [0.2, 0.25) is 0 Å². The normalized spacial score (nSPS) is 50.3. The number of rotatable bonds is 2. The van der Waals surface area contributed by atoms with Crippen LogP contribution >= 0.6 is 0 Å². The van der Waals surface area contributed by atoms with Gasteiger partial charge in [0, 0.05) is 17.8 Å². The molecule has 3 heteroatoms. The molecule has 3 aliphatic rings. The molecule has 0 spiro atoms. The molecule has 0 aromatic heterocycles. The lowest BCUT2D eigenvalue weighted by Crippen LogP contribution is -2.65. The van der Waals surface area contributed by atoms with E-state index in [0.29, 0.717) is 11.8 Å². The van der Waals surface area contributed by atoms with E-state index in [-0.39, 0.29) is 39.8 Å². The molecular formula is C23H38O3.